The van der Waals surface area contributed by atoms with Crippen LogP contribution in [0, 0.1) is 0 Å². The van der Waals surface area contributed by atoms with Gasteiger partial charge in [-0.25, -0.2) is 4.98 Å². The molecule has 3 aliphatic heterocycles. The SMILES string of the molecule is CCCOC(=O)C(C)Sc1nc2nn(-c3ccccc3)c(=O)c-2c2n1CCCCC2. The summed E-state index contributed by atoms with van der Waals surface area (Å²) in [4.78, 5) is 30.3. The molecule has 1 aromatic rings. The third-order valence-corrected chi connectivity index (χ3v) is 6.30. The minimum atomic E-state index is -0.385. The first-order chi connectivity index (χ1) is 14.6. The van der Waals surface area contributed by atoms with Gasteiger partial charge < -0.3 is 9.30 Å². The number of hydrogen-bond donors (Lipinski definition) is 0. The number of carbonyl (C=O) groups excluding carboxylic acids is 1. The molecule has 4 rings (SSSR count). The van der Waals surface area contributed by atoms with Crippen molar-refractivity contribution in [3.05, 3.63) is 46.4 Å². The first-order valence-electron chi connectivity index (χ1n) is 10.5. The molecule has 0 aromatic heterocycles. The van der Waals surface area contributed by atoms with Crippen LogP contribution in [0.15, 0.2) is 40.3 Å². The Bertz CT molecular complexity index is 1060. The number of benzene rings is 1. The quantitative estimate of drug-likeness (QED) is 0.340. The molecule has 30 heavy (non-hydrogen) atoms. The average Bonchev–Trinajstić information content (AvgIpc) is 2.92. The zero-order chi connectivity index (χ0) is 21.1. The predicted molar refractivity (Wildman–Crippen MR) is 116 cm³/mol. The maximum atomic E-state index is 13.2. The van der Waals surface area contributed by atoms with E-state index in [4.69, 9.17) is 9.72 Å². The summed E-state index contributed by atoms with van der Waals surface area (Å²) in [5, 5.41) is 4.87. The largest absolute Gasteiger partial charge is 0.465 e. The van der Waals surface area contributed by atoms with Gasteiger partial charge in [0.05, 0.1) is 12.3 Å². The summed E-state index contributed by atoms with van der Waals surface area (Å²) in [5.74, 6) is 0.194. The number of fused-ring (bicyclic) bond motifs is 3. The van der Waals surface area contributed by atoms with Gasteiger partial charge in [-0.1, -0.05) is 43.3 Å². The van der Waals surface area contributed by atoms with Crippen LogP contribution < -0.4 is 5.56 Å². The van der Waals surface area contributed by atoms with Crippen molar-refractivity contribution >= 4 is 17.7 Å². The van der Waals surface area contributed by atoms with E-state index in [0.717, 1.165) is 55.2 Å². The lowest BCUT2D eigenvalue weighted by Gasteiger charge is -2.19. The molecule has 0 fully saturated rings. The minimum Gasteiger partial charge on any atom is -0.465 e. The second-order valence-corrected chi connectivity index (χ2v) is 8.79. The first-order valence-corrected chi connectivity index (χ1v) is 11.4. The Morgan fingerprint density at radius 1 is 1.23 bits per heavy atom. The Labute approximate surface area is 179 Å². The number of carbonyl (C=O) groups is 1. The Morgan fingerprint density at radius 2 is 2.03 bits per heavy atom. The Hall–Kier alpha value is -2.61. The normalized spacial score (nSPS) is 14.9. The molecule has 0 saturated heterocycles. The maximum absolute atomic E-state index is 13.2. The van der Waals surface area contributed by atoms with Gasteiger partial charge in [0.1, 0.15) is 10.8 Å². The van der Waals surface area contributed by atoms with Gasteiger partial charge in [0.25, 0.3) is 5.56 Å². The van der Waals surface area contributed by atoms with Crippen LogP contribution in [0.3, 0.4) is 0 Å². The second-order valence-electron chi connectivity index (χ2n) is 7.48. The van der Waals surface area contributed by atoms with Gasteiger partial charge >= 0.3 is 5.97 Å². The smallest absolute Gasteiger partial charge is 0.319 e. The zero-order valence-corrected chi connectivity index (χ0v) is 18.2. The molecule has 0 amide bonds. The maximum Gasteiger partial charge on any atom is 0.319 e. The van der Waals surface area contributed by atoms with Crippen molar-refractivity contribution in [1.29, 1.82) is 0 Å². The number of esters is 1. The highest BCUT2D eigenvalue weighted by Gasteiger charge is 2.28. The lowest BCUT2D eigenvalue weighted by Crippen LogP contribution is -2.21. The average molecular weight is 427 g/mol. The molecule has 1 atom stereocenters. The van der Waals surface area contributed by atoms with Crippen LogP contribution in [0.1, 0.15) is 45.2 Å². The van der Waals surface area contributed by atoms with Crippen LogP contribution in [0.25, 0.3) is 17.1 Å². The highest BCUT2D eigenvalue weighted by molar-refractivity contribution is 8.00. The van der Waals surface area contributed by atoms with Crippen LogP contribution in [-0.2, 0) is 22.5 Å². The molecule has 0 N–H and O–H groups in total. The summed E-state index contributed by atoms with van der Waals surface area (Å²) in [5.41, 5.74) is 2.15. The summed E-state index contributed by atoms with van der Waals surface area (Å²) >= 11 is 1.38. The van der Waals surface area contributed by atoms with Gasteiger partial charge in [0.2, 0.25) is 0 Å². The first kappa shape index (κ1) is 20.7. The van der Waals surface area contributed by atoms with Gasteiger partial charge in [-0.05, 0) is 44.7 Å². The molecule has 158 valence electrons. The second kappa shape index (κ2) is 9.04. The molecule has 0 aliphatic carbocycles. The summed E-state index contributed by atoms with van der Waals surface area (Å²) < 4.78 is 8.84. The fourth-order valence-electron chi connectivity index (χ4n) is 3.71. The molecule has 0 spiro atoms. The van der Waals surface area contributed by atoms with Crippen molar-refractivity contribution in [3.8, 4) is 17.1 Å². The van der Waals surface area contributed by atoms with Gasteiger partial charge in [-0.2, -0.15) is 4.68 Å². The van der Waals surface area contributed by atoms with Crippen molar-refractivity contribution in [2.75, 3.05) is 6.61 Å². The number of rotatable bonds is 6. The molecule has 8 heteroatoms. The highest BCUT2D eigenvalue weighted by atomic mass is 32.2. The van der Waals surface area contributed by atoms with Crippen molar-refractivity contribution in [2.24, 2.45) is 0 Å². The molecule has 3 aliphatic rings. The Balaban J connectivity index is 1.80. The van der Waals surface area contributed by atoms with Crippen LogP contribution >= 0.6 is 11.8 Å². The number of nitrogens with zero attached hydrogens (tertiary/aromatic N) is 4. The molecular formula is C22H26N4O3S. The van der Waals surface area contributed by atoms with Gasteiger partial charge in [0.15, 0.2) is 11.0 Å². The third kappa shape index (κ3) is 4.01. The molecular weight excluding hydrogens is 400 g/mol. The Kier molecular flexibility index (Phi) is 6.22. The van der Waals surface area contributed by atoms with Crippen molar-refractivity contribution in [1.82, 2.24) is 19.3 Å². The number of para-hydroxylation sites is 1. The summed E-state index contributed by atoms with van der Waals surface area (Å²) in [6.45, 7) is 5.01. The zero-order valence-electron chi connectivity index (χ0n) is 17.3. The summed E-state index contributed by atoms with van der Waals surface area (Å²) in [6, 6.07) is 9.40. The van der Waals surface area contributed by atoms with Crippen molar-refractivity contribution in [2.45, 2.75) is 62.9 Å². The fraction of sp³-hybridized carbons (Fsp3) is 0.455. The molecule has 0 radical (unpaired) electrons. The molecule has 0 bridgehead atoms. The van der Waals surface area contributed by atoms with Crippen LogP contribution in [-0.4, -0.2) is 37.2 Å². The molecule has 7 nitrogen and oxygen atoms in total. The van der Waals surface area contributed by atoms with E-state index in [1.165, 1.54) is 16.4 Å². The molecule has 1 unspecified atom stereocenters. The fourth-order valence-corrected chi connectivity index (χ4v) is 4.66. The number of hydrogen-bond acceptors (Lipinski definition) is 6. The van der Waals surface area contributed by atoms with Gasteiger partial charge in [-0.3, -0.25) is 9.59 Å². The van der Waals surface area contributed by atoms with Crippen LogP contribution in [0.5, 0.6) is 0 Å². The Morgan fingerprint density at radius 3 is 2.80 bits per heavy atom. The van der Waals surface area contributed by atoms with E-state index in [1.807, 2.05) is 44.2 Å². The predicted octanol–water partition coefficient (Wildman–Crippen LogP) is 3.69. The van der Waals surface area contributed by atoms with E-state index in [-0.39, 0.29) is 16.8 Å². The van der Waals surface area contributed by atoms with E-state index in [2.05, 4.69) is 9.67 Å². The number of thioether (sulfide) groups is 1. The van der Waals surface area contributed by atoms with E-state index in [9.17, 15) is 9.59 Å². The molecule has 0 saturated carbocycles. The lowest BCUT2D eigenvalue weighted by atomic mass is 10.1. The van der Waals surface area contributed by atoms with Crippen molar-refractivity contribution in [3.63, 3.8) is 0 Å². The number of ether oxygens (including phenoxy) is 1. The lowest BCUT2D eigenvalue weighted by molar-refractivity contribution is -0.142. The van der Waals surface area contributed by atoms with Gasteiger partial charge in [0, 0.05) is 12.2 Å². The van der Waals surface area contributed by atoms with Crippen LogP contribution in [0.2, 0.25) is 0 Å². The molecule has 3 heterocycles. The number of aromatic nitrogens is 4. The van der Waals surface area contributed by atoms with Crippen molar-refractivity contribution < 1.29 is 9.53 Å². The van der Waals surface area contributed by atoms with Gasteiger partial charge in [-0.15, -0.1) is 5.10 Å². The summed E-state index contributed by atoms with van der Waals surface area (Å²) in [6.07, 6.45) is 4.74. The van der Waals surface area contributed by atoms with E-state index >= 15 is 0 Å². The van der Waals surface area contributed by atoms with E-state index in [1.54, 1.807) is 0 Å². The topological polar surface area (TPSA) is 79.0 Å². The minimum absolute atomic E-state index is 0.138. The standard InChI is InChI=1S/C22H26N4O3S/c1-3-14-29-21(28)15(2)30-22-23-19-18(17-12-8-5-9-13-25(17)22)20(27)26(24-19)16-10-6-4-7-11-16/h4,6-7,10-11,15H,3,5,8-9,12-14H2,1-2H3. The molecule has 1 aromatic carbocycles. The van der Waals surface area contributed by atoms with E-state index in [0.29, 0.717) is 18.0 Å². The highest BCUT2D eigenvalue weighted by Crippen LogP contribution is 2.32. The third-order valence-electron chi connectivity index (χ3n) is 5.23. The van der Waals surface area contributed by atoms with E-state index < -0.39 is 0 Å². The van der Waals surface area contributed by atoms with Crippen LogP contribution in [0.4, 0.5) is 0 Å². The monoisotopic (exact) mass is 426 g/mol. The summed E-state index contributed by atoms with van der Waals surface area (Å²) in [7, 11) is 0.